The van der Waals surface area contributed by atoms with E-state index in [4.69, 9.17) is 4.74 Å². The highest BCUT2D eigenvalue weighted by Crippen LogP contribution is 2.17. The molecule has 1 heterocycles. The molecule has 0 saturated carbocycles. The third kappa shape index (κ3) is 4.72. The number of methoxy groups -OCH3 is 1. The molecule has 118 valence electrons. The van der Waals surface area contributed by atoms with Crippen LogP contribution in [-0.4, -0.2) is 75.2 Å². The zero-order chi connectivity index (χ0) is 15.2. The lowest BCUT2D eigenvalue weighted by atomic mass is 9.96. The van der Waals surface area contributed by atoms with Crippen LogP contribution >= 0.6 is 0 Å². The smallest absolute Gasteiger partial charge is 0.325 e. The van der Waals surface area contributed by atoms with Gasteiger partial charge in [0.25, 0.3) is 0 Å². The van der Waals surface area contributed by atoms with Gasteiger partial charge in [-0.1, -0.05) is 0 Å². The van der Waals surface area contributed by atoms with Crippen LogP contribution in [0.1, 0.15) is 32.6 Å². The molecule has 2 atom stereocenters. The van der Waals surface area contributed by atoms with Gasteiger partial charge in [0.15, 0.2) is 0 Å². The van der Waals surface area contributed by atoms with Crippen LogP contribution < -0.4 is 5.32 Å². The van der Waals surface area contributed by atoms with Crippen LogP contribution in [0, 0.1) is 0 Å². The first-order valence-corrected chi connectivity index (χ1v) is 7.59. The highest BCUT2D eigenvalue weighted by atomic mass is 16.5. The number of carbonyl (C=O) groups excluding carboxylic acids is 1. The van der Waals surface area contributed by atoms with Crippen molar-refractivity contribution in [1.82, 2.24) is 15.1 Å². The molecule has 0 amide bonds. The third-order valence-electron chi connectivity index (χ3n) is 4.60. The second-order valence-corrected chi connectivity index (χ2v) is 6.22. The van der Waals surface area contributed by atoms with Crippen LogP contribution in [0.4, 0.5) is 0 Å². The largest absolute Gasteiger partial charge is 0.468 e. The highest BCUT2D eigenvalue weighted by molar-refractivity contribution is 5.80. The van der Waals surface area contributed by atoms with Crippen molar-refractivity contribution >= 4 is 5.97 Å². The van der Waals surface area contributed by atoms with Crippen molar-refractivity contribution in [2.24, 2.45) is 0 Å². The molecule has 20 heavy (non-hydrogen) atoms. The zero-order valence-electron chi connectivity index (χ0n) is 13.7. The minimum absolute atomic E-state index is 0.182. The maximum Gasteiger partial charge on any atom is 0.325 e. The Bertz CT molecular complexity index is 311. The molecule has 0 bridgehead atoms. The summed E-state index contributed by atoms with van der Waals surface area (Å²) in [6.45, 7) is 5.26. The van der Waals surface area contributed by atoms with Crippen molar-refractivity contribution in [2.45, 2.75) is 44.2 Å². The predicted molar refractivity (Wildman–Crippen MR) is 81.9 cm³/mol. The second kappa shape index (κ2) is 7.96. The molecule has 2 unspecified atom stereocenters. The van der Waals surface area contributed by atoms with Crippen molar-refractivity contribution in [3.8, 4) is 0 Å². The summed E-state index contributed by atoms with van der Waals surface area (Å²) >= 11 is 0. The van der Waals surface area contributed by atoms with E-state index in [0.29, 0.717) is 6.04 Å². The number of nitrogens with one attached hydrogen (secondary N) is 1. The molecule has 0 aromatic rings. The first-order valence-electron chi connectivity index (χ1n) is 7.59. The molecular formula is C15H31N3O2. The summed E-state index contributed by atoms with van der Waals surface area (Å²) in [5.41, 5.74) is -0.570. The van der Waals surface area contributed by atoms with E-state index in [2.05, 4.69) is 29.2 Å². The van der Waals surface area contributed by atoms with Gasteiger partial charge in [0.05, 0.1) is 7.11 Å². The normalized spacial score (nSPS) is 23.0. The topological polar surface area (TPSA) is 44.8 Å². The Kier molecular flexibility index (Phi) is 6.92. The van der Waals surface area contributed by atoms with Gasteiger partial charge < -0.3 is 19.9 Å². The SMILES string of the molecule is CNC(C)(CCCN(C)CC1CCCN1C)C(=O)OC. The summed E-state index contributed by atoms with van der Waals surface area (Å²) in [7, 11) is 7.63. The van der Waals surface area contributed by atoms with Crippen molar-refractivity contribution in [2.75, 3.05) is 47.9 Å². The zero-order valence-corrected chi connectivity index (χ0v) is 13.7. The van der Waals surface area contributed by atoms with Gasteiger partial charge in [0, 0.05) is 12.6 Å². The summed E-state index contributed by atoms with van der Waals surface area (Å²) in [5.74, 6) is -0.182. The van der Waals surface area contributed by atoms with Gasteiger partial charge in [-0.25, -0.2) is 0 Å². The molecule has 5 heteroatoms. The lowest BCUT2D eigenvalue weighted by Gasteiger charge is -2.29. The van der Waals surface area contributed by atoms with Gasteiger partial charge in [-0.05, 0) is 66.8 Å². The molecule has 0 radical (unpaired) electrons. The molecule has 0 aliphatic carbocycles. The maximum absolute atomic E-state index is 11.8. The summed E-state index contributed by atoms with van der Waals surface area (Å²) in [5, 5.41) is 3.08. The molecule has 5 nitrogen and oxygen atoms in total. The fourth-order valence-electron chi connectivity index (χ4n) is 2.92. The minimum Gasteiger partial charge on any atom is -0.468 e. The summed E-state index contributed by atoms with van der Waals surface area (Å²) < 4.78 is 4.86. The van der Waals surface area contributed by atoms with Gasteiger partial charge in [0.1, 0.15) is 5.54 Å². The van der Waals surface area contributed by atoms with E-state index in [9.17, 15) is 4.79 Å². The van der Waals surface area contributed by atoms with E-state index in [0.717, 1.165) is 25.9 Å². The lowest BCUT2D eigenvalue weighted by Crippen LogP contribution is -2.48. The minimum atomic E-state index is -0.570. The highest BCUT2D eigenvalue weighted by Gasteiger charge is 2.32. The average molecular weight is 285 g/mol. The molecule has 1 aliphatic heterocycles. The van der Waals surface area contributed by atoms with Crippen molar-refractivity contribution < 1.29 is 9.53 Å². The first kappa shape index (κ1) is 17.4. The fourth-order valence-corrected chi connectivity index (χ4v) is 2.92. The quantitative estimate of drug-likeness (QED) is 0.673. The number of hydrogen-bond acceptors (Lipinski definition) is 5. The Morgan fingerprint density at radius 3 is 2.75 bits per heavy atom. The van der Waals surface area contributed by atoms with E-state index in [1.807, 2.05) is 14.0 Å². The number of nitrogens with zero attached hydrogens (tertiary/aromatic N) is 2. The third-order valence-corrected chi connectivity index (χ3v) is 4.60. The lowest BCUT2D eigenvalue weighted by molar-refractivity contribution is -0.148. The van der Waals surface area contributed by atoms with Gasteiger partial charge in [-0.3, -0.25) is 4.79 Å². The monoisotopic (exact) mass is 285 g/mol. The number of carbonyl (C=O) groups is 1. The number of hydrogen-bond donors (Lipinski definition) is 1. The fraction of sp³-hybridized carbons (Fsp3) is 0.933. The van der Waals surface area contributed by atoms with Crippen molar-refractivity contribution in [3.63, 3.8) is 0 Å². The van der Waals surface area contributed by atoms with Crippen LogP contribution in [0.3, 0.4) is 0 Å². The Morgan fingerprint density at radius 2 is 2.25 bits per heavy atom. The molecule has 1 saturated heterocycles. The van der Waals surface area contributed by atoms with Crippen LogP contribution in [0.15, 0.2) is 0 Å². The van der Waals surface area contributed by atoms with Crippen LogP contribution in [-0.2, 0) is 9.53 Å². The predicted octanol–water partition coefficient (Wildman–Crippen LogP) is 0.944. The van der Waals surface area contributed by atoms with Crippen LogP contribution in [0.2, 0.25) is 0 Å². The Hall–Kier alpha value is -0.650. The summed E-state index contributed by atoms with van der Waals surface area (Å²) in [6, 6.07) is 0.691. The number of likely N-dealkylation sites (N-methyl/N-ethyl adjacent to an activating group) is 3. The number of ether oxygens (including phenoxy) is 1. The Morgan fingerprint density at radius 1 is 1.55 bits per heavy atom. The molecule has 0 aromatic heterocycles. The van der Waals surface area contributed by atoms with Crippen molar-refractivity contribution in [3.05, 3.63) is 0 Å². The molecule has 1 aliphatic rings. The number of likely N-dealkylation sites (tertiary alicyclic amines) is 1. The summed E-state index contributed by atoms with van der Waals surface area (Å²) in [6.07, 6.45) is 4.40. The molecule has 1 N–H and O–H groups in total. The average Bonchev–Trinajstić information content (AvgIpc) is 2.83. The van der Waals surface area contributed by atoms with Gasteiger partial charge in [-0.2, -0.15) is 0 Å². The van der Waals surface area contributed by atoms with Gasteiger partial charge in [-0.15, -0.1) is 0 Å². The van der Waals surface area contributed by atoms with Crippen LogP contribution in [0.5, 0.6) is 0 Å². The van der Waals surface area contributed by atoms with E-state index in [-0.39, 0.29) is 5.97 Å². The van der Waals surface area contributed by atoms with E-state index < -0.39 is 5.54 Å². The number of esters is 1. The van der Waals surface area contributed by atoms with E-state index >= 15 is 0 Å². The van der Waals surface area contributed by atoms with Gasteiger partial charge >= 0.3 is 5.97 Å². The molecule has 0 aromatic carbocycles. The van der Waals surface area contributed by atoms with Gasteiger partial charge in [0.2, 0.25) is 0 Å². The van der Waals surface area contributed by atoms with Crippen molar-refractivity contribution in [1.29, 1.82) is 0 Å². The maximum atomic E-state index is 11.8. The molecule has 1 rings (SSSR count). The standard InChI is InChI=1S/C15H31N3O2/c1-15(16-2,14(19)20-5)9-7-10-17(3)12-13-8-6-11-18(13)4/h13,16H,6-12H2,1-5H3. The van der Waals surface area contributed by atoms with E-state index in [1.54, 1.807) is 0 Å². The Labute approximate surface area is 123 Å². The van der Waals surface area contributed by atoms with Crippen LogP contribution in [0.25, 0.3) is 0 Å². The first-order chi connectivity index (χ1) is 9.42. The summed E-state index contributed by atoms with van der Waals surface area (Å²) in [4.78, 5) is 16.6. The molecular weight excluding hydrogens is 254 g/mol. The molecule has 1 fully saturated rings. The molecule has 0 spiro atoms. The van der Waals surface area contributed by atoms with E-state index in [1.165, 1.54) is 26.5 Å². The second-order valence-electron chi connectivity index (χ2n) is 6.22. The number of rotatable bonds is 8. The Balaban J connectivity index is 2.30.